The Balaban J connectivity index is 1.85. The van der Waals surface area contributed by atoms with E-state index in [4.69, 9.17) is 0 Å². The highest BCUT2D eigenvalue weighted by Gasteiger charge is 2.12. The van der Waals surface area contributed by atoms with Gasteiger partial charge in [-0.2, -0.15) is 5.10 Å². The molecule has 6 nitrogen and oxygen atoms in total. The van der Waals surface area contributed by atoms with Crippen LogP contribution in [0.3, 0.4) is 0 Å². The van der Waals surface area contributed by atoms with E-state index < -0.39 is 5.91 Å². The van der Waals surface area contributed by atoms with Gasteiger partial charge in [-0.25, -0.2) is 5.10 Å². The molecule has 0 saturated carbocycles. The largest absolute Gasteiger partial charge is 0.507 e. The maximum atomic E-state index is 12.3. The van der Waals surface area contributed by atoms with E-state index in [2.05, 4.69) is 15.5 Å². The fourth-order valence-corrected chi connectivity index (χ4v) is 2.29. The molecule has 24 heavy (non-hydrogen) atoms. The zero-order chi connectivity index (χ0) is 17.1. The van der Waals surface area contributed by atoms with Gasteiger partial charge in [0.15, 0.2) is 0 Å². The fraction of sp³-hybridized carbons (Fsp3) is 0.0556. The molecule has 1 heterocycles. The molecule has 3 rings (SSSR count). The summed E-state index contributed by atoms with van der Waals surface area (Å²) < 4.78 is 0. The lowest BCUT2D eigenvalue weighted by molar-refractivity contribution is 0.102. The van der Waals surface area contributed by atoms with Gasteiger partial charge in [0, 0.05) is 17.3 Å². The van der Waals surface area contributed by atoms with Crippen LogP contribution in [-0.4, -0.2) is 21.2 Å². The highest BCUT2D eigenvalue weighted by Crippen LogP contribution is 2.23. The van der Waals surface area contributed by atoms with Crippen LogP contribution in [0.1, 0.15) is 15.9 Å². The third-order valence-corrected chi connectivity index (χ3v) is 3.49. The summed E-state index contributed by atoms with van der Waals surface area (Å²) in [5.41, 5.74) is 2.69. The Labute approximate surface area is 137 Å². The van der Waals surface area contributed by atoms with Crippen molar-refractivity contribution < 1.29 is 9.90 Å². The van der Waals surface area contributed by atoms with Crippen molar-refractivity contribution in [2.24, 2.45) is 0 Å². The van der Waals surface area contributed by atoms with E-state index in [1.807, 2.05) is 13.0 Å². The van der Waals surface area contributed by atoms with E-state index in [1.54, 1.807) is 36.4 Å². The topological polar surface area (TPSA) is 95.1 Å². The minimum absolute atomic E-state index is 0.0639. The molecule has 0 radical (unpaired) electrons. The summed E-state index contributed by atoms with van der Waals surface area (Å²) >= 11 is 0. The van der Waals surface area contributed by atoms with E-state index in [9.17, 15) is 14.7 Å². The first-order valence-electron chi connectivity index (χ1n) is 7.30. The summed E-state index contributed by atoms with van der Waals surface area (Å²) in [4.78, 5) is 23.4. The number of rotatable bonds is 3. The highest BCUT2D eigenvalue weighted by atomic mass is 16.3. The van der Waals surface area contributed by atoms with Gasteiger partial charge < -0.3 is 10.4 Å². The number of nitrogens with zero attached hydrogens (tertiary/aromatic N) is 1. The van der Waals surface area contributed by atoms with Crippen molar-refractivity contribution >= 4 is 11.6 Å². The Morgan fingerprint density at radius 2 is 1.96 bits per heavy atom. The predicted molar refractivity (Wildman–Crippen MR) is 91.1 cm³/mol. The first-order chi connectivity index (χ1) is 11.5. The van der Waals surface area contributed by atoms with Crippen LogP contribution in [0, 0.1) is 6.92 Å². The van der Waals surface area contributed by atoms with Crippen LogP contribution in [0.15, 0.2) is 59.4 Å². The molecular weight excluding hydrogens is 306 g/mol. The van der Waals surface area contributed by atoms with Gasteiger partial charge in [0.05, 0.1) is 11.3 Å². The Morgan fingerprint density at radius 1 is 1.12 bits per heavy atom. The number of phenolic OH excluding ortho intramolecular Hbond substituents is 1. The summed E-state index contributed by atoms with van der Waals surface area (Å²) in [6.45, 7) is 1.84. The summed E-state index contributed by atoms with van der Waals surface area (Å²) in [5, 5.41) is 19.0. The standard InChI is InChI=1S/C18H15N3O3/c1-11-5-6-14(16(22)9-11)18(24)19-13-4-2-3-12(10-13)15-7-8-17(23)21-20-15/h2-10,22H,1H3,(H,19,24)(H,21,23). The first kappa shape index (κ1) is 15.5. The van der Waals surface area contributed by atoms with Crippen LogP contribution < -0.4 is 10.9 Å². The fourth-order valence-electron chi connectivity index (χ4n) is 2.29. The zero-order valence-corrected chi connectivity index (χ0v) is 12.9. The molecular formula is C18H15N3O3. The average molecular weight is 321 g/mol. The molecule has 0 fully saturated rings. The maximum Gasteiger partial charge on any atom is 0.264 e. The van der Waals surface area contributed by atoms with Crippen molar-refractivity contribution in [2.75, 3.05) is 5.32 Å². The second-order valence-electron chi connectivity index (χ2n) is 5.36. The number of aryl methyl sites for hydroxylation is 1. The lowest BCUT2D eigenvalue weighted by Gasteiger charge is -2.09. The summed E-state index contributed by atoms with van der Waals surface area (Å²) in [5.74, 6) is -0.468. The molecule has 0 bridgehead atoms. The number of hydrogen-bond donors (Lipinski definition) is 3. The van der Waals surface area contributed by atoms with Crippen molar-refractivity contribution in [3.63, 3.8) is 0 Å². The van der Waals surface area contributed by atoms with Crippen LogP contribution in [0.2, 0.25) is 0 Å². The minimum atomic E-state index is -0.404. The lowest BCUT2D eigenvalue weighted by Crippen LogP contribution is -2.12. The number of anilines is 1. The Bertz CT molecular complexity index is 943. The number of benzene rings is 2. The second-order valence-corrected chi connectivity index (χ2v) is 5.36. The van der Waals surface area contributed by atoms with Crippen molar-refractivity contribution in [1.82, 2.24) is 10.2 Å². The highest BCUT2D eigenvalue weighted by molar-refractivity contribution is 6.06. The van der Waals surface area contributed by atoms with Gasteiger partial charge >= 0.3 is 0 Å². The first-order valence-corrected chi connectivity index (χ1v) is 7.30. The number of aromatic nitrogens is 2. The van der Waals surface area contributed by atoms with Crippen LogP contribution in [0.4, 0.5) is 5.69 Å². The van der Waals surface area contributed by atoms with Gasteiger partial charge in [-0.3, -0.25) is 9.59 Å². The number of carbonyl (C=O) groups is 1. The van der Waals surface area contributed by atoms with Crippen molar-refractivity contribution in [3.05, 3.63) is 76.1 Å². The number of phenols is 1. The molecule has 120 valence electrons. The van der Waals surface area contributed by atoms with Crippen molar-refractivity contribution in [1.29, 1.82) is 0 Å². The van der Waals surface area contributed by atoms with E-state index in [-0.39, 0.29) is 16.9 Å². The molecule has 1 amide bonds. The molecule has 0 atom stereocenters. The lowest BCUT2D eigenvalue weighted by atomic mass is 10.1. The molecule has 1 aromatic heterocycles. The third-order valence-electron chi connectivity index (χ3n) is 3.49. The van der Waals surface area contributed by atoms with Crippen LogP contribution in [0.5, 0.6) is 5.75 Å². The molecule has 6 heteroatoms. The molecule has 3 N–H and O–H groups in total. The molecule has 0 saturated heterocycles. The Morgan fingerprint density at radius 3 is 2.67 bits per heavy atom. The van der Waals surface area contributed by atoms with Gasteiger partial charge in [0.2, 0.25) is 0 Å². The SMILES string of the molecule is Cc1ccc(C(=O)Nc2cccc(-c3ccc(=O)[nH]n3)c2)c(O)c1. The van der Waals surface area contributed by atoms with Crippen LogP contribution in [-0.2, 0) is 0 Å². The van der Waals surface area contributed by atoms with Crippen LogP contribution >= 0.6 is 0 Å². The number of aromatic amines is 1. The number of H-pyrrole nitrogens is 1. The molecule has 0 aliphatic heterocycles. The summed E-state index contributed by atoms with van der Waals surface area (Å²) in [6, 6.07) is 14.9. The average Bonchev–Trinajstić information content (AvgIpc) is 2.55. The predicted octanol–water partition coefficient (Wildman–Crippen LogP) is 2.70. The van der Waals surface area contributed by atoms with E-state index >= 15 is 0 Å². The molecule has 3 aromatic rings. The molecule has 0 aliphatic carbocycles. The third kappa shape index (κ3) is 3.33. The number of amides is 1. The monoisotopic (exact) mass is 321 g/mol. The summed E-state index contributed by atoms with van der Waals surface area (Å²) in [7, 11) is 0. The number of nitrogens with one attached hydrogen (secondary N) is 2. The summed E-state index contributed by atoms with van der Waals surface area (Å²) in [6.07, 6.45) is 0. The smallest absolute Gasteiger partial charge is 0.264 e. The van der Waals surface area contributed by atoms with Gasteiger partial charge in [0.1, 0.15) is 5.75 Å². The number of carbonyl (C=O) groups excluding carboxylic acids is 1. The van der Waals surface area contributed by atoms with E-state index in [0.29, 0.717) is 11.4 Å². The molecule has 2 aromatic carbocycles. The van der Waals surface area contributed by atoms with Gasteiger partial charge in [-0.1, -0.05) is 18.2 Å². The minimum Gasteiger partial charge on any atom is -0.507 e. The number of aromatic hydroxyl groups is 1. The van der Waals surface area contributed by atoms with Gasteiger partial charge in [-0.05, 0) is 42.8 Å². The van der Waals surface area contributed by atoms with Crippen molar-refractivity contribution in [2.45, 2.75) is 6.92 Å². The van der Waals surface area contributed by atoms with Gasteiger partial charge in [-0.15, -0.1) is 0 Å². The Hall–Kier alpha value is -3.41. The van der Waals surface area contributed by atoms with Gasteiger partial charge in [0.25, 0.3) is 11.5 Å². The number of hydrogen-bond acceptors (Lipinski definition) is 4. The van der Waals surface area contributed by atoms with Crippen molar-refractivity contribution in [3.8, 4) is 17.0 Å². The molecule has 0 aliphatic rings. The normalized spacial score (nSPS) is 10.4. The van der Waals surface area contributed by atoms with Crippen LogP contribution in [0.25, 0.3) is 11.3 Å². The zero-order valence-electron chi connectivity index (χ0n) is 12.9. The maximum absolute atomic E-state index is 12.3. The van der Waals surface area contributed by atoms with E-state index in [1.165, 1.54) is 12.1 Å². The second kappa shape index (κ2) is 6.37. The quantitative estimate of drug-likeness (QED) is 0.691. The molecule has 0 spiro atoms. The van der Waals surface area contributed by atoms with E-state index in [0.717, 1.165) is 11.1 Å². The molecule has 0 unspecified atom stereocenters. The Kier molecular flexibility index (Phi) is 4.11.